The quantitative estimate of drug-likeness (QED) is 0.331. The molecule has 37 heavy (non-hydrogen) atoms. The maximum atomic E-state index is 14.3. The van der Waals surface area contributed by atoms with Gasteiger partial charge in [0, 0.05) is 6.42 Å². The van der Waals surface area contributed by atoms with Crippen molar-refractivity contribution in [3.8, 4) is 5.69 Å². The van der Waals surface area contributed by atoms with Gasteiger partial charge in [0.05, 0.1) is 11.2 Å². The molecule has 9 heteroatoms. The standard InChI is InChI=1S/C28H29FN4O3S/c1-19(22-9-5-6-10-23(22)29)17-26-31-37(34,35)28(4,27(2,3)36-26)18-20-13-15-21(16-14-20)33-25-12-8-7-11-24(25)30-32-33/h5-16,19H,17-18H2,1-4H3/t19-,28?/m1/s1. The molecule has 0 bridgehead atoms. The lowest BCUT2D eigenvalue weighted by molar-refractivity contribution is 0.0440. The van der Waals surface area contributed by atoms with Crippen molar-refractivity contribution >= 4 is 27.0 Å². The summed E-state index contributed by atoms with van der Waals surface area (Å²) in [6.07, 6.45) is 0.389. The molecule has 5 rings (SSSR count). The Hall–Kier alpha value is -3.59. The summed E-state index contributed by atoms with van der Waals surface area (Å²) in [6.45, 7) is 7.03. The van der Waals surface area contributed by atoms with Gasteiger partial charge in [-0.2, -0.15) is 0 Å². The fourth-order valence-corrected chi connectivity index (χ4v) is 6.39. The lowest BCUT2D eigenvalue weighted by atomic mass is 9.85. The van der Waals surface area contributed by atoms with Crippen LogP contribution in [0.25, 0.3) is 16.7 Å². The average Bonchev–Trinajstić information content (AvgIpc) is 3.27. The van der Waals surface area contributed by atoms with Crippen molar-refractivity contribution < 1.29 is 17.5 Å². The molecule has 0 saturated heterocycles. The highest BCUT2D eigenvalue weighted by atomic mass is 32.2. The molecular formula is C28H29FN4O3S. The average molecular weight is 521 g/mol. The maximum Gasteiger partial charge on any atom is 0.265 e. The molecule has 3 aromatic carbocycles. The number of para-hydroxylation sites is 1. The molecule has 0 aliphatic carbocycles. The lowest BCUT2D eigenvalue weighted by Crippen LogP contribution is -2.59. The summed E-state index contributed by atoms with van der Waals surface area (Å²) in [5.41, 5.74) is 2.76. The summed E-state index contributed by atoms with van der Waals surface area (Å²) < 4.78 is 52.1. The Balaban J connectivity index is 1.40. The van der Waals surface area contributed by atoms with E-state index in [-0.39, 0.29) is 30.5 Å². The first-order chi connectivity index (χ1) is 17.5. The second-order valence-electron chi connectivity index (χ2n) is 10.3. The zero-order chi connectivity index (χ0) is 26.4. The third kappa shape index (κ3) is 4.41. The van der Waals surface area contributed by atoms with Crippen LogP contribution in [0.5, 0.6) is 0 Å². The third-order valence-electron chi connectivity index (χ3n) is 7.43. The van der Waals surface area contributed by atoms with Crippen LogP contribution in [0.15, 0.2) is 77.2 Å². The number of hydrogen-bond acceptors (Lipinski definition) is 5. The van der Waals surface area contributed by atoms with Gasteiger partial charge < -0.3 is 4.74 Å². The zero-order valence-electron chi connectivity index (χ0n) is 21.2. The third-order valence-corrected chi connectivity index (χ3v) is 9.65. The van der Waals surface area contributed by atoms with Crippen LogP contribution >= 0.6 is 0 Å². The molecule has 7 nitrogen and oxygen atoms in total. The van der Waals surface area contributed by atoms with E-state index in [0.29, 0.717) is 5.56 Å². The first kappa shape index (κ1) is 25.1. The Kier molecular flexibility index (Phi) is 6.14. The van der Waals surface area contributed by atoms with Crippen molar-refractivity contribution in [2.75, 3.05) is 0 Å². The van der Waals surface area contributed by atoms with Crippen molar-refractivity contribution in [2.24, 2.45) is 4.40 Å². The van der Waals surface area contributed by atoms with Gasteiger partial charge in [0.15, 0.2) is 0 Å². The van der Waals surface area contributed by atoms with Crippen molar-refractivity contribution in [1.29, 1.82) is 0 Å². The molecule has 1 aromatic heterocycles. The minimum Gasteiger partial charge on any atom is -0.472 e. The van der Waals surface area contributed by atoms with Gasteiger partial charge in [-0.15, -0.1) is 9.50 Å². The SMILES string of the molecule is C[C@H](CC1=NS(=O)(=O)C(C)(Cc2ccc(-n3nnc4ccccc43)cc2)C(C)(C)O1)c1ccccc1F. The van der Waals surface area contributed by atoms with Crippen LogP contribution < -0.4 is 0 Å². The Bertz CT molecular complexity index is 1600. The number of fused-ring (bicyclic) bond motifs is 1. The number of halogens is 1. The normalized spacial score (nSPS) is 21.3. The molecule has 192 valence electrons. The van der Waals surface area contributed by atoms with Crippen LogP contribution in [0, 0.1) is 5.82 Å². The number of ether oxygens (including phenoxy) is 1. The molecule has 4 aromatic rings. The summed E-state index contributed by atoms with van der Waals surface area (Å²) in [6, 6.07) is 21.7. The Morgan fingerprint density at radius 1 is 0.973 bits per heavy atom. The predicted molar refractivity (Wildman–Crippen MR) is 142 cm³/mol. The number of aromatic nitrogens is 3. The van der Waals surface area contributed by atoms with Gasteiger partial charge in [-0.1, -0.05) is 54.6 Å². The van der Waals surface area contributed by atoms with Crippen molar-refractivity contribution in [2.45, 2.75) is 56.8 Å². The molecule has 1 unspecified atom stereocenters. The van der Waals surface area contributed by atoms with E-state index in [1.54, 1.807) is 43.7 Å². The van der Waals surface area contributed by atoms with Crippen LogP contribution in [0.2, 0.25) is 0 Å². The van der Waals surface area contributed by atoms with Gasteiger partial charge in [-0.05, 0) is 74.6 Å². The van der Waals surface area contributed by atoms with Crippen molar-refractivity contribution in [1.82, 2.24) is 15.0 Å². The van der Waals surface area contributed by atoms with Crippen LogP contribution in [0.1, 0.15) is 51.2 Å². The summed E-state index contributed by atoms with van der Waals surface area (Å²) in [5, 5.41) is 8.43. The molecule has 1 aliphatic heterocycles. The summed E-state index contributed by atoms with van der Waals surface area (Å²) in [5.74, 6) is -0.525. The Morgan fingerprint density at radius 3 is 2.35 bits per heavy atom. The van der Waals surface area contributed by atoms with Gasteiger partial charge in [0.2, 0.25) is 5.90 Å². The second kappa shape index (κ2) is 9.06. The zero-order valence-corrected chi connectivity index (χ0v) is 22.0. The number of benzene rings is 3. The van der Waals surface area contributed by atoms with Gasteiger partial charge >= 0.3 is 0 Å². The molecule has 0 spiro atoms. The topological polar surface area (TPSA) is 86.4 Å². The molecule has 0 radical (unpaired) electrons. The van der Waals surface area contributed by atoms with E-state index in [0.717, 1.165) is 22.3 Å². The molecule has 0 saturated carbocycles. The summed E-state index contributed by atoms with van der Waals surface area (Å²) in [7, 11) is -3.96. The van der Waals surface area contributed by atoms with Crippen LogP contribution in [-0.4, -0.2) is 39.7 Å². The van der Waals surface area contributed by atoms with Gasteiger partial charge in [0.1, 0.15) is 21.7 Å². The van der Waals surface area contributed by atoms with Crippen LogP contribution in [-0.2, 0) is 21.2 Å². The van der Waals surface area contributed by atoms with Crippen molar-refractivity contribution in [3.05, 3.63) is 89.7 Å². The first-order valence-corrected chi connectivity index (χ1v) is 13.6. The smallest absolute Gasteiger partial charge is 0.265 e. The molecule has 2 atom stereocenters. The Morgan fingerprint density at radius 2 is 1.65 bits per heavy atom. The molecule has 0 N–H and O–H groups in total. The number of rotatable bonds is 6. The minimum absolute atomic E-state index is 0.103. The number of hydrogen-bond donors (Lipinski definition) is 0. The number of nitrogens with zero attached hydrogens (tertiary/aromatic N) is 4. The Labute approximate surface area is 216 Å². The van der Waals surface area contributed by atoms with Gasteiger partial charge in [-0.25, -0.2) is 17.5 Å². The highest BCUT2D eigenvalue weighted by Gasteiger charge is 2.56. The highest BCUT2D eigenvalue weighted by Crippen LogP contribution is 2.42. The summed E-state index contributed by atoms with van der Waals surface area (Å²) >= 11 is 0. The van der Waals surface area contributed by atoms with E-state index >= 15 is 0 Å². The molecule has 0 fully saturated rings. The van der Waals surface area contributed by atoms with E-state index in [9.17, 15) is 12.8 Å². The van der Waals surface area contributed by atoms with Gasteiger partial charge in [0.25, 0.3) is 10.0 Å². The molecule has 1 aliphatic rings. The van der Waals surface area contributed by atoms with E-state index in [1.165, 1.54) is 6.07 Å². The van der Waals surface area contributed by atoms with E-state index < -0.39 is 20.4 Å². The molecule has 2 heterocycles. The first-order valence-electron chi connectivity index (χ1n) is 12.2. The lowest BCUT2D eigenvalue weighted by Gasteiger charge is -2.45. The van der Waals surface area contributed by atoms with Crippen molar-refractivity contribution in [3.63, 3.8) is 0 Å². The van der Waals surface area contributed by atoms with E-state index in [4.69, 9.17) is 4.74 Å². The van der Waals surface area contributed by atoms with Crippen LogP contribution in [0.4, 0.5) is 4.39 Å². The number of sulfonamides is 1. The molecular weight excluding hydrogens is 491 g/mol. The summed E-state index contributed by atoms with van der Waals surface area (Å²) in [4.78, 5) is 0. The largest absolute Gasteiger partial charge is 0.472 e. The minimum atomic E-state index is -3.96. The predicted octanol–water partition coefficient (Wildman–Crippen LogP) is 5.59. The maximum absolute atomic E-state index is 14.3. The van der Waals surface area contributed by atoms with Gasteiger partial charge in [-0.3, -0.25) is 0 Å². The van der Waals surface area contributed by atoms with E-state index in [2.05, 4.69) is 14.7 Å². The fraction of sp³-hybridized carbons (Fsp3) is 0.321. The highest BCUT2D eigenvalue weighted by molar-refractivity contribution is 7.91. The fourth-order valence-electron chi connectivity index (χ4n) is 4.80. The monoisotopic (exact) mass is 520 g/mol. The van der Waals surface area contributed by atoms with E-state index in [1.807, 2.05) is 55.5 Å². The van der Waals surface area contributed by atoms with Crippen LogP contribution in [0.3, 0.4) is 0 Å². The second-order valence-corrected chi connectivity index (χ2v) is 12.3. The molecule has 0 amide bonds.